The second-order valence-corrected chi connectivity index (χ2v) is 7.60. The lowest BCUT2D eigenvalue weighted by Crippen LogP contribution is -2.30. The molecule has 7 heteroatoms. The third-order valence-electron chi connectivity index (χ3n) is 3.45. The van der Waals surface area contributed by atoms with Crippen LogP contribution in [0.5, 0.6) is 0 Å². The maximum absolute atomic E-state index is 13.8. The summed E-state index contributed by atoms with van der Waals surface area (Å²) in [6.07, 6.45) is 0. The van der Waals surface area contributed by atoms with Gasteiger partial charge in [-0.15, -0.1) is 11.3 Å². The molecule has 1 heterocycles. The number of sulfonamides is 1. The fourth-order valence-corrected chi connectivity index (χ4v) is 4.73. The Morgan fingerprint density at radius 2 is 2.00 bits per heavy atom. The summed E-state index contributed by atoms with van der Waals surface area (Å²) in [6, 6.07) is 7.09. The van der Waals surface area contributed by atoms with Crippen LogP contribution in [-0.2, 0) is 16.6 Å². The van der Waals surface area contributed by atoms with Crippen molar-refractivity contribution in [3.8, 4) is 0 Å². The lowest BCUT2D eigenvalue weighted by atomic mass is 10.1. The Bertz CT molecular complexity index is 728. The van der Waals surface area contributed by atoms with Crippen molar-refractivity contribution < 1.29 is 12.8 Å². The molecule has 0 aliphatic heterocycles. The summed E-state index contributed by atoms with van der Waals surface area (Å²) in [4.78, 5) is 0.795. The summed E-state index contributed by atoms with van der Waals surface area (Å²) >= 11 is 1.30. The first-order valence-electron chi connectivity index (χ1n) is 6.38. The first kappa shape index (κ1) is 16.1. The number of halogens is 1. The number of benzene rings is 1. The number of nitrogens with zero attached hydrogens (tertiary/aromatic N) is 1. The van der Waals surface area contributed by atoms with E-state index in [1.165, 1.54) is 34.8 Å². The van der Waals surface area contributed by atoms with Crippen molar-refractivity contribution in [2.24, 2.45) is 5.73 Å². The summed E-state index contributed by atoms with van der Waals surface area (Å²) in [5, 5.41) is 1.69. The zero-order chi connectivity index (χ0) is 15.6. The van der Waals surface area contributed by atoms with Gasteiger partial charge in [0.15, 0.2) is 0 Å². The molecule has 0 saturated carbocycles. The fourth-order valence-electron chi connectivity index (χ4n) is 2.08. The molecule has 21 heavy (non-hydrogen) atoms. The average Bonchev–Trinajstić information content (AvgIpc) is 2.95. The lowest BCUT2D eigenvalue weighted by Gasteiger charge is -2.25. The Labute approximate surface area is 128 Å². The molecule has 2 rings (SSSR count). The van der Waals surface area contributed by atoms with Gasteiger partial charge in [0.05, 0.1) is 4.90 Å². The van der Waals surface area contributed by atoms with Crippen LogP contribution in [0.1, 0.15) is 23.4 Å². The fraction of sp³-hybridized carbons (Fsp3) is 0.286. The number of hydrogen-bond acceptors (Lipinski definition) is 4. The standard InChI is InChI=1S/C14H17FN2O2S2/c1-10(11-5-3-4-6-12(11)15)17(2)21(18,19)14-7-8-20-13(14)9-16/h3-8,10H,9,16H2,1-2H3. The minimum absolute atomic E-state index is 0.161. The van der Waals surface area contributed by atoms with Crippen LogP contribution in [-0.4, -0.2) is 19.8 Å². The summed E-state index contributed by atoms with van der Waals surface area (Å²) in [7, 11) is -2.26. The van der Waals surface area contributed by atoms with E-state index in [1.807, 2.05) is 0 Å². The maximum Gasteiger partial charge on any atom is 0.244 e. The Morgan fingerprint density at radius 3 is 2.62 bits per heavy atom. The highest BCUT2D eigenvalue weighted by atomic mass is 32.2. The second kappa shape index (κ2) is 6.23. The van der Waals surface area contributed by atoms with Crippen molar-refractivity contribution in [1.29, 1.82) is 0 Å². The van der Waals surface area contributed by atoms with Gasteiger partial charge in [0.25, 0.3) is 0 Å². The van der Waals surface area contributed by atoms with Crippen LogP contribution in [0.3, 0.4) is 0 Å². The molecule has 0 bridgehead atoms. The summed E-state index contributed by atoms with van der Waals surface area (Å²) in [5.41, 5.74) is 5.91. The molecule has 1 unspecified atom stereocenters. The zero-order valence-electron chi connectivity index (χ0n) is 11.8. The molecular weight excluding hydrogens is 311 g/mol. The highest BCUT2D eigenvalue weighted by molar-refractivity contribution is 7.89. The topological polar surface area (TPSA) is 63.4 Å². The smallest absolute Gasteiger partial charge is 0.244 e. The van der Waals surface area contributed by atoms with E-state index >= 15 is 0 Å². The third-order valence-corrected chi connectivity index (χ3v) is 6.53. The SMILES string of the molecule is CC(c1ccccc1F)N(C)S(=O)(=O)c1ccsc1CN. The van der Waals surface area contributed by atoms with E-state index in [-0.39, 0.29) is 11.4 Å². The van der Waals surface area contributed by atoms with Gasteiger partial charge in [-0.25, -0.2) is 12.8 Å². The number of nitrogens with two attached hydrogens (primary N) is 1. The van der Waals surface area contributed by atoms with Crippen molar-refractivity contribution in [2.75, 3.05) is 7.05 Å². The minimum Gasteiger partial charge on any atom is -0.326 e. The van der Waals surface area contributed by atoms with Crippen molar-refractivity contribution in [3.63, 3.8) is 0 Å². The summed E-state index contributed by atoms with van der Waals surface area (Å²) < 4.78 is 40.3. The first-order valence-corrected chi connectivity index (χ1v) is 8.70. The molecule has 0 amide bonds. The molecule has 1 aromatic carbocycles. The average molecular weight is 328 g/mol. The van der Waals surface area contributed by atoms with Crippen molar-refractivity contribution in [2.45, 2.75) is 24.4 Å². The molecule has 1 atom stereocenters. The molecule has 0 aliphatic rings. The Morgan fingerprint density at radius 1 is 1.33 bits per heavy atom. The van der Waals surface area contributed by atoms with E-state index in [0.29, 0.717) is 10.4 Å². The summed E-state index contributed by atoms with van der Waals surface area (Å²) in [5.74, 6) is -0.420. The molecule has 0 aliphatic carbocycles. The molecule has 0 radical (unpaired) electrons. The third kappa shape index (κ3) is 3.01. The van der Waals surface area contributed by atoms with Gasteiger partial charge in [0.2, 0.25) is 10.0 Å². The van der Waals surface area contributed by atoms with E-state index in [9.17, 15) is 12.8 Å². The molecule has 1 aromatic heterocycles. The van der Waals surface area contributed by atoms with E-state index in [2.05, 4.69) is 0 Å². The van der Waals surface area contributed by atoms with Gasteiger partial charge >= 0.3 is 0 Å². The largest absolute Gasteiger partial charge is 0.326 e. The van der Waals surface area contributed by atoms with E-state index in [0.717, 1.165) is 0 Å². The van der Waals surface area contributed by atoms with Crippen molar-refractivity contribution in [3.05, 3.63) is 52.0 Å². The first-order chi connectivity index (χ1) is 9.89. The number of hydrogen-bond donors (Lipinski definition) is 1. The lowest BCUT2D eigenvalue weighted by molar-refractivity contribution is 0.387. The van der Waals surface area contributed by atoms with Crippen LogP contribution in [0.2, 0.25) is 0 Å². The Balaban J connectivity index is 2.39. The Hall–Kier alpha value is -1.28. The molecule has 2 N–H and O–H groups in total. The van der Waals surface area contributed by atoms with Crippen LogP contribution in [0, 0.1) is 5.82 Å². The molecule has 114 valence electrons. The molecule has 0 saturated heterocycles. The predicted molar refractivity (Wildman–Crippen MR) is 82.0 cm³/mol. The van der Waals surface area contributed by atoms with E-state index in [1.54, 1.807) is 30.5 Å². The van der Waals surface area contributed by atoms with Gasteiger partial charge in [0, 0.05) is 30.1 Å². The number of thiophene rings is 1. The second-order valence-electron chi connectivity index (χ2n) is 4.63. The minimum atomic E-state index is -3.71. The van der Waals surface area contributed by atoms with Gasteiger partial charge in [-0.2, -0.15) is 4.31 Å². The van der Waals surface area contributed by atoms with Gasteiger partial charge < -0.3 is 5.73 Å². The van der Waals surface area contributed by atoms with Crippen LogP contribution < -0.4 is 5.73 Å². The number of rotatable bonds is 5. The molecule has 4 nitrogen and oxygen atoms in total. The van der Waals surface area contributed by atoms with Crippen LogP contribution in [0.4, 0.5) is 4.39 Å². The highest BCUT2D eigenvalue weighted by Gasteiger charge is 2.29. The van der Waals surface area contributed by atoms with E-state index < -0.39 is 21.9 Å². The van der Waals surface area contributed by atoms with Gasteiger partial charge in [-0.1, -0.05) is 18.2 Å². The normalized spacial score (nSPS) is 13.6. The molecule has 0 spiro atoms. The monoisotopic (exact) mass is 328 g/mol. The van der Waals surface area contributed by atoms with Gasteiger partial charge in [-0.05, 0) is 24.4 Å². The van der Waals surface area contributed by atoms with E-state index in [4.69, 9.17) is 5.73 Å². The van der Waals surface area contributed by atoms with Gasteiger partial charge in [0.1, 0.15) is 5.82 Å². The summed E-state index contributed by atoms with van der Waals surface area (Å²) in [6.45, 7) is 1.82. The van der Waals surface area contributed by atoms with Crippen molar-refractivity contribution >= 4 is 21.4 Å². The maximum atomic E-state index is 13.8. The molecule has 0 fully saturated rings. The van der Waals surface area contributed by atoms with Crippen molar-refractivity contribution in [1.82, 2.24) is 4.31 Å². The molecular formula is C14H17FN2O2S2. The quantitative estimate of drug-likeness (QED) is 0.918. The highest BCUT2D eigenvalue weighted by Crippen LogP contribution is 2.30. The zero-order valence-corrected chi connectivity index (χ0v) is 13.4. The predicted octanol–water partition coefficient (Wildman–Crippen LogP) is 2.73. The van der Waals surface area contributed by atoms with Crippen LogP contribution in [0.25, 0.3) is 0 Å². The van der Waals surface area contributed by atoms with Crippen LogP contribution >= 0.6 is 11.3 Å². The molecule has 2 aromatic rings. The van der Waals surface area contributed by atoms with Gasteiger partial charge in [-0.3, -0.25) is 0 Å². The van der Waals surface area contributed by atoms with Crippen LogP contribution in [0.15, 0.2) is 40.6 Å². The Kier molecular flexibility index (Phi) is 4.77.